The monoisotopic (exact) mass is 459 g/mol. The number of carbonyl (C=O) groups is 1. The number of para-hydroxylation sites is 1. The lowest BCUT2D eigenvalue weighted by molar-refractivity contribution is -0.116. The van der Waals surface area contributed by atoms with Crippen LogP contribution in [0.4, 0.5) is 10.1 Å². The number of anilines is 1. The van der Waals surface area contributed by atoms with Crippen molar-refractivity contribution in [2.75, 3.05) is 12.4 Å². The summed E-state index contributed by atoms with van der Waals surface area (Å²) in [5, 5.41) is 3.26. The highest BCUT2D eigenvalue weighted by Gasteiger charge is 2.22. The molecule has 0 bridgehead atoms. The van der Waals surface area contributed by atoms with E-state index in [2.05, 4.69) is 5.32 Å². The van der Waals surface area contributed by atoms with Crippen molar-refractivity contribution in [2.45, 2.75) is 6.54 Å². The molecule has 5 rings (SSSR count). The van der Waals surface area contributed by atoms with E-state index in [1.165, 1.54) is 23.8 Å². The van der Waals surface area contributed by atoms with Crippen LogP contribution in [0.25, 0.3) is 27.8 Å². The average Bonchev–Trinajstić information content (AvgIpc) is 3.23. The Balaban J connectivity index is 1.67. The summed E-state index contributed by atoms with van der Waals surface area (Å²) < 4.78 is 26.4. The highest BCUT2D eigenvalue weighted by atomic mass is 19.1. The van der Waals surface area contributed by atoms with Crippen LogP contribution in [0.2, 0.25) is 0 Å². The van der Waals surface area contributed by atoms with Crippen molar-refractivity contribution in [3.05, 3.63) is 99.5 Å². The minimum atomic E-state index is -0.749. The lowest BCUT2D eigenvalue weighted by Crippen LogP contribution is -2.40. The van der Waals surface area contributed by atoms with E-state index in [0.717, 1.165) is 16.7 Å². The Kier molecular flexibility index (Phi) is 5.21. The van der Waals surface area contributed by atoms with Crippen molar-refractivity contribution in [1.29, 1.82) is 0 Å². The van der Waals surface area contributed by atoms with Crippen molar-refractivity contribution >= 4 is 33.7 Å². The van der Waals surface area contributed by atoms with E-state index in [4.69, 9.17) is 9.15 Å². The number of amides is 1. The number of hydrogen-bond donors (Lipinski definition) is 1. The molecule has 0 aliphatic rings. The van der Waals surface area contributed by atoms with Crippen LogP contribution in [0.3, 0.4) is 0 Å². The van der Waals surface area contributed by atoms with Gasteiger partial charge in [-0.05, 0) is 60.7 Å². The number of benzene rings is 3. The summed E-state index contributed by atoms with van der Waals surface area (Å²) in [6, 6.07) is 18.5. The van der Waals surface area contributed by atoms with Crippen LogP contribution in [0.1, 0.15) is 0 Å². The van der Waals surface area contributed by atoms with Gasteiger partial charge in [0.2, 0.25) is 11.5 Å². The number of halogens is 1. The number of furan rings is 1. The normalized spacial score (nSPS) is 11.1. The first-order valence-corrected chi connectivity index (χ1v) is 10.3. The van der Waals surface area contributed by atoms with Gasteiger partial charge in [-0.2, -0.15) is 0 Å². The Bertz CT molecular complexity index is 1650. The van der Waals surface area contributed by atoms with Crippen LogP contribution in [-0.2, 0) is 11.3 Å². The fourth-order valence-electron chi connectivity index (χ4n) is 3.83. The third-order valence-corrected chi connectivity index (χ3v) is 5.42. The largest absolute Gasteiger partial charge is 0.497 e. The van der Waals surface area contributed by atoms with Gasteiger partial charge in [-0.25, -0.2) is 13.8 Å². The molecule has 0 atom stereocenters. The molecule has 8 nitrogen and oxygen atoms in total. The molecule has 0 unspecified atom stereocenters. The van der Waals surface area contributed by atoms with Gasteiger partial charge >= 0.3 is 11.2 Å². The predicted octanol–water partition coefficient (Wildman–Crippen LogP) is 3.69. The van der Waals surface area contributed by atoms with Crippen molar-refractivity contribution in [3.8, 4) is 11.4 Å². The summed E-state index contributed by atoms with van der Waals surface area (Å²) in [6.45, 7) is -0.383. The van der Waals surface area contributed by atoms with E-state index >= 15 is 0 Å². The van der Waals surface area contributed by atoms with Gasteiger partial charge in [0.25, 0.3) is 0 Å². The van der Waals surface area contributed by atoms with Gasteiger partial charge in [-0.15, -0.1) is 0 Å². The standard InChI is InChI=1S/C25H18FN3O5/c1-33-18-12-8-16(9-13-18)27-21(30)14-28-22-19-4-2-3-5-20(19)34-23(22)24(31)29(25(28)32)17-10-6-15(26)7-11-17/h2-13H,14H2,1H3,(H,27,30). The number of carbonyl (C=O) groups excluding carboxylic acids is 1. The summed E-state index contributed by atoms with van der Waals surface area (Å²) in [7, 11) is 1.54. The number of rotatable bonds is 5. The van der Waals surface area contributed by atoms with E-state index in [0.29, 0.717) is 22.4 Å². The number of fused-ring (bicyclic) bond motifs is 3. The Morgan fingerprint density at radius 3 is 2.41 bits per heavy atom. The van der Waals surface area contributed by atoms with Gasteiger partial charge < -0.3 is 14.5 Å². The van der Waals surface area contributed by atoms with Crippen LogP contribution >= 0.6 is 0 Å². The Morgan fingerprint density at radius 1 is 1.00 bits per heavy atom. The first-order valence-electron chi connectivity index (χ1n) is 10.3. The Hall–Kier alpha value is -4.66. The molecule has 0 aliphatic carbocycles. The zero-order valence-electron chi connectivity index (χ0n) is 17.9. The smallest absolute Gasteiger partial charge is 0.336 e. The van der Waals surface area contributed by atoms with Crippen LogP contribution < -0.4 is 21.3 Å². The number of aromatic nitrogens is 2. The van der Waals surface area contributed by atoms with Crippen molar-refractivity contribution < 1.29 is 18.3 Å². The summed E-state index contributed by atoms with van der Waals surface area (Å²) in [6.07, 6.45) is 0. The SMILES string of the molecule is COc1ccc(NC(=O)Cn2c(=O)n(-c3ccc(F)cc3)c(=O)c3oc4ccccc4c32)cc1. The third kappa shape index (κ3) is 3.62. The summed E-state index contributed by atoms with van der Waals surface area (Å²) >= 11 is 0. The highest BCUT2D eigenvalue weighted by Crippen LogP contribution is 2.26. The zero-order chi connectivity index (χ0) is 23.8. The van der Waals surface area contributed by atoms with Crippen molar-refractivity contribution in [2.24, 2.45) is 0 Å². The number of nitrogens with one attached hydrogen (secondary N) is 1. The molecule has 0 spiro atoms. The molecule has 5 aromatic rings. The van der Waals surface area contributed by atoms with Crippen molar-refractivity contribution in [3.63, 3.8) is 0 Å². The maximum absolute atomic E-state index is 13.5. The van der Waals surface area contributed by atoms with Gasteiger partial charge in [-0.3, -0.25) is 14.2 Å². The molecule has 1 N–H and O–H groups in total. The van der Waals surface area contributed by atoms with Gasteiger partial charge in [0.05, 0.1) is 12.8 Å². The number of hydrogen-bond acceptors (Lipinski definition) is 5. The molecule has 1 amide bonds. The number of methoxy groups -OCH3 is 1. The highest BCUT2D eigenvalue weighted by molar-refractivity contribution is 6.03. The molecule has 2 heterocycles. The molecule has 9 heteroatoms. The number of ether oxygens (including phenoxy) is 1. The molecule has 170 valence electrons. The molecular weight excluding hydrogens is 441 g/mol. The third-order valence-electron chi connectivity index (χ3n) is 5.42. The second-order valence-corrected chi connectivity index (χ2v) is 7.54. The second kappa shape index (κ2) is 8.36. The molecule has 0 aliphatic heterocycles. The van der Waals surface area contributed by atoms with E-state index in [-0.39, 0.29) is 23.3 Å². The zero-order valence-corrected chi connectivity index (χ0v) is 17.9. The van der Waals surface area contributed by atoms with Crippen LogP contribution in [0.15, 0.2) is 86.8 Å². The Labute approximate surface area is 191 Å². The van der Waals surface area contributed by atoms with Gasteiger partial charge in [-0.1, -0.05) is 12.1 Å². The topological polar surface area (TPSA) is 95.5 Å². The Morgan fingerprint density at radius 2 is 1.71 bits per heavy atom. The molecule has 3 aromatic carbocycles. The molecular formula is C25H18FN3O5. The van der Waals surface area contributed by atoms with Crippen LogP contribution in [0, 0.1) is 5.82 Å². The fraction of sp³-hybridized carbons (Fsp3) is 0.0800. The average molecular weight is 459 g/mol. The molecule has 0 saturated heterocycles. The lowest BCUT2D eigenvalue weighted by atomic mass is 10.2. The van der Waals surface area contributed by atoms with Gasteiger partial charge in [0, 0.05) is 11.1 Å². The molecule has 0 fully saturated rings. The predicted molar refractivity (Wildman–Crippen MR) is 125 cm³/mol. The molecule has 0 saturated carbocycles. The van der Waals surface area contributed by atoms with E-state index in [1.807, 2.05) is 0 Å². The van der Waals surface area contributed by atoms with Gasteiger partial charge in [0.15, 0.2) is 0 Å². The van der Waals surface area contributed by atoms with Crippen molar-refractivity contribution in [1.82, 2.24) is 9.13 Å². The molecule has 0 radical (unpaired) electrons. The van der Waals surface area contributed by atoms with Crippen LogP contribution in [0.5, 0.6) is 5.75 Å². The molecule has 2 aromatic heterocycles. The summed E-state index contributed by atoms with van der Waals surface area (Å²) in [5.74, 6) is -0.365. The first-order chi connectivity index (χ1) is 16.5. The van der Waals surface area contributed by atoms with E-state index < -0.39 is 23.0 Å². The first kappa shape index (κ1) is 21.2. The quantitative estimate of drug-likeness (QED) is 0.433. The van der Waals surface area contributed by atoms with Crippen LogP contribution in [-0.4, -0.2) is 22.2 Å². The summed E-state index contributed by atoms with van der Waals surface area (Å²) in [4.78, 5) is 39.6. The maximum Gasteiger partial charge on any atom is 0.336 e. The number of nitrogens with zero attached hydrogens (tertiary/aromatic N) is 2. The fourth-order valence-corrected chi connectivity index (χ4v) is 3.83. The molecule has 34 heavy (non-hydrogen) atoms. The maximum atomic E-state index is 13.5. The lowest BCUT2D eigenvalue weighted by Gasteiger charge is -2.12. The van der Waals surface area contributed by atoms with Gasteiger partial charge in [0.1, 0.15) is 29.2 Å². The minimum Gasteiger partial charge on any atom is -0.497 e. The second-order valence-electron chi connectivity index (χ2n) is 7.54. The van der Waals surface area contributed by atoms with E-state index in [9.17, 15) is 18.8 Å². The van der Waals surface area contributed by atoms with E-state index in [1.54, 1.807) is 48.5 Å². The summed E-state index contributed by atoms with van der Waals surface area (Å²) in [5.41, 5.74) is -0.247. The minimum absolute atomic E-state index is 0.0811.